The predicted octanol–water partition coefficient (Wildman–Crippen LogP) is 1.17. The molecule has 1 aliphatic heterocycles. The van der Waals surface area contributed by atoms with Gasteiger partial charge in [0.1, 0.15) is 11.3 Å². The number of rotatable bonds is 6. The van der Waals surface area contributed by atoms with Crippen molar-refractivity contribution < 1.29 is 52.0 Å². The molecule has 0 N–H and O–H groups in total. The minimum Gasteiger partial charge on any atom is -0.467 e. The highest BCUT2D eigenvalue weighted by atomic mass is 16.7. The Morgan fingerprint density at radius 3 is 2.06 bits per heavy atom. The van der Waals surface area contributed by atoms with E-state index in [0.29, 0.717) is 10.9 Å². The van der Waals surface area contributed by atoms with E-state index >= 15 is 0 Å². The van der Waals surface area contributed by atoms with Gasteiger partial charge in [-0.2, -0.15) is 0 Å². The highest BCUT2D eigenvalue weighted by Crippen LogP contribution is 2.32. The second-order valence-electron chi connectivity index (χ2n) is 7.69. The van der Waals surface area contributed by atoms with Crippen LogP contribution in [-0.4, -0.2) is 61.7 Å². The van der Waals surface area contributed by atoms with Gasteiger partial charge in [0.05, 0.1) is 7.11 Å². The van der Waals surface area contributed by atoms with Gasteiger partial charge in [0.25, 0.3) is 0 Å². The van der Waals surface area contributed by atoms with Crippen LogP contribution in [0.3, 0.4) is 0 Å². The standard InChI is InChI=1S/C23H24O12/c1-10-8-17(27)34-16-9-14(6-7-15(10)16)33-23-21(32-13(4)26)19(31-12(3)25)18(30-11(2)24)20(35-23)22(28)29-5/h6-9,18-21,23H,1-5H3/t18-,19-,20+,21+,23+/m0/s1. The van der Waals surface area contributed by atoms with Gasteiger partial charge < -0.3 is 32.8 Å². The van der Waals surface area contributed by atoms with Crippen LogP contribution in [0.5, 0.6) is 5.75 Å². The van der Waals surface area contributed by atoms with E-state index in [-0.39, 0.29) is 11.3 Å². The third-order valence-electron chi connectivity index (χ3n) is 5.01. The normalized spacial score (nSPS) is 23.7. The third-order valence-corrected chi connectivity index (χ3v) is 5.01. The largest absolute Gasteiger partial charge is 0.467 e. The number of hydrogen-bond donors (Lipinski definition) is 0. The van der Waals surface area contributed by atoms with E-state index in [1.165, 1.54) is 18.2 Å². The summed E-state index contributed by atoms with van der Waals surface area (Å²) in [5.41, 5.74) is 0.328. The number of fused-ring (bicyclic) bond motifs is 1. The van der Waals surface area contributed by atoms with Gasteiger partial charge in [0, 0.05) is 38.3 Å². The lowest BCUT2D eigenvalue weighted by Gasteiger charge is -2.43. The Morgan fingerprint density at radius 2 is 1.46 bits per heavy atom. The maximum Gasteiger partial charge on any atom is 0.339 e. The molecule has 1 saturated heterocycles. The molecule has 12 heteroatoms. The lowest BCUT2D eigenvalue weighted by molar-refractivity contribution is -0.282. The zero-order valence-electron chi connectivity index (χ0n) is 19.6. The Hall–Kier alpha value is -3.93. The molecule has 0 unspecified atom stereocenters. The molecule has 1 fully saturated rings. The highest BCUT2D eigenvalue weighted by Gasteiger charge is 2.55. The fourth-order valence-corrected chi connectivity index (χ4v) is 3.69. The van der Waals surface area contributed by atoms with Crippen molar-refractivity contribution in [2.24, 2.45) is 0 Å². The lowest BCUT2D eigenvalue weighted by atomic mass is 9.97. The Morgan fingerprint density at radius 1 is 0.857 bits per heavy atom. The fraction of sp³-hybridized carbons (Fsp3) is 0.435. The van der Waals surface area contributed by atoms with Gasteiger partial charge in [0.15, 0.2) is 18.3 Å². The summed E-state index contributed by atoms with van der Waals surface area (Å²) < 4.78 is 37.3. The lowest BCUT2D eigenvalue weighted by Crippen LogP contribution is -2.64. The molecule has 0 aliphatic carbocycles. The van der Waals surface area contributed by atoms with E-state index in [4.69, 9.17) is 32.8 Å². The summed E-state index contributed by atoms with van der Waals surface area (Å²) in [4.78, 5) is 59.7. The molecule has 1 aromatic carbocycles. The first-order chi connectivity index (χ1) is 16.5. The molecule has 3 rings (SSSR count). The van der Waals surface area contributed by atoms with Crippen molar-refractivity contribution in [3.8, 4) is 5.75 Å². The summed E-state index contributed by atoms with van der Waals surface area (Å²) in [5.74, 6) is -3.25. The van der Waals surface area contributed by atoms with Crippen LogP contribution < -0.4 is 10.4 Å². The van der Waals surface area contributed by atoms with Crippen molar-refractivity contribution in [3.05, 3.63) is 40.2 Å². The van der Waals surface area contributed by atoms with Gasteiger partial charge >= 0.3 is 29.5 Å². The van der Waals surface area contributed by atoms with E-state index < -0.39 is 60.2 Å². The van der Waals surface area contributed by atoms with E-state index in [0.717, 1.165) is 27.9 Å². The van der Waals surface area contributed by atoms with Gasteiger partial charge in [-0.05, 0) is 24.6 Å². The van der Waals surface area contributed by atoms with Gasteiger partial charge in [-0.1, -0.05) is 0 Å². The maximum atomic E-state index is 12.5. The van der Waals surface area contributed by atoms with Crippen molar-refractivity contribution in [2.75, 3.05) is 7.11 Å². The van der Waals surface area contributed by atoms with Gasteiger partial charge in [0.2, 0.25) is 12.4 Å². The average molecular weight is 492 g/mol. The van der Waals surface area contributed by atoms with Crippen LogP contribution in [-0.2, 0) is 42.9 Å². The quantitative estimate of drug-likeness (QED) is 0.323. The SMILES string of the molecule is COC(=O)[C@@H]1O[C@@H](Oc2ccc3c(C)cc(=O)oc3c2)[C@H](OC(C)=O)[C@@H](OC(C)=O)[C@@H]1OC(C)=O. The van der Waals surface area contributed by atoms with Crippen LogP contribution in [0.2, 0.25) is 0 Å². The van der Waals surface area contributed by atoms with Crippen LogP contribution in [0, 0.1) is 6.92 Å². The van der Waals surface area contributed by atoms with Crippen LogP contribution in [0.25, 0.3) is 11.0 Å². The summed E-state index contributed by atoms with van der Waals surface area (Å²) in [6.45, 7) is 5.00. The van der Waals surface area contributed by atoms with E-state index in [9.17, 15) is 24.0 Å². The molecule has 35 heavy (non-hydrogen) atoms. The summed E-state index contributed by atoms with van der Waals surface area (Å²) in [6.07, 6.45) is -7.56. The Labute approximate surface area is 199 Å². The third kappa shape index (κ3) is 5.96. The number of ether oxygens (including phenoxy) is 6. The number of esters is 4. The number of methoxy groups -OCH3 is 1. The van der Waals surface area contributed by atoms with Crippen molar-refractivity contribution in [2.45, 2.75) is 58.4 Å². The summed E-state index contributed by atoms with van der Waals surface area (Å²) in [7, 11) is 1.08. The molecule has 0 amide bonds. The molecular weight excluding hydrogens is 468 g/mol. The second-order valence-corrected chi connectivity index (χ2v) is 7.69. The minimum absolute atomic E-state index is 0.115. The molecule has 5 atom stereocenters. The summed E-state index contributed by atoms with van der Waals surface area (Å²) in [5, 5.41) is 0.651. The molecule has 0 radical (unpaired) electrons. The molecule has 0 bridgehead atoms. The molecule has 0 saturated carbocycles. The highest BCUT2D eigenvalue weighted by molar-refractivity contribution is 5.81. The average Bonchev–Trinajstić information content (AvgIpc) is 2.75. The van der Waals surface area contributed by atoms with E-state index in [1.807, 2.05) is 0 Å². The zero-order chi connectivity index (χ0) is 25.9. The number of aryl methyl sites for hydroxylation is 1. The molecule has 188 valence electrons. The first-order valence-electron chi connectivity index (χ1n) is 10.5. The topological polar surface area (TPSA) is 154 Å². The summed E-state index contributed by atoms with van der Waals surface area (Å²) >= 11 is 0. The first kappa shape index (κ1) is 25.7. The zero-order valence-corrected chi connectivity index (χ0v) is 19.6. The molecule has 1 aromatic heterocycles. The van der Waals surface area contributed by atoms with Crippen LogP contribution in [0.4, 0.5) is 0 Å². The smallest absolute Gasteiger partial charge is 0.339 e. The Bertz CT molecular complexity index is 1200. The van der Waals surface area contributed by atoms with Gasteiger partial charge in [-0.15, -0.1) is 0 Å². The number of carbonyl (C=O) groups excluding carboxylic acids is 4. The molecular formula is C23H24O12. The van der Waals surface area contributed by atoms with Crippen LogP contribution in [0.15, 0.2) is 33.5 Å². The first-order valence-corrected chi connectivity index (χ1v) is 10.5. The van der Waals surface area contributed by atoms with Crippen LogP contribution in [0.1, 0.15) is 26.3 Å². The molecule has 2 aromatic rings. The van der Waals surface area contributed by atoms with Gasteiger partial charge in [-0.25, -0.2) is 9.59 Å². The van der Waals surface area contributed by atoms with Crippen LogP contribution >= 0.6 is 0 Å². The Kier molecular flexibility index (Phi) is 7.75. The van der Waals surface area contributed by atoms with Crippen molar-refractivity contribution in [3.63, 3.8) is 0 Å². The molecule has 0 spiro atoms. The minimum atomic E-state index is -1.59. The molecule has 1 aliphatic rings. The number of hydrogen-bond acceptors (Lipinski definition) is 12. The predicted molar refractivity (Wildman–Crippen MR) is 115 cm³/mol. The number of carbonyl (C=O) groups is 4. The van der Waals surface area contributed by atoms with Crippen molar-refractivity contribution >= 4 is 34.8 Å². The Balaban J connectivity index is 2.06. The molecule has 12 nitrogen and oxygen atoms in total. The van der Waals surface area contributed by atoms with E-state index in [2.05, 4.69) is 0 Å². The number of benzene rings is 1. The van der Waals surface area contributed by atoms with Gasteiger partial charge in [-0.3, -0.25) is 14.4 Å². The van der Waals surface area contributed by atoms with E-state index in [1.54, 1.807) is 13.0 Å². The maximum absolute atomic E-state index is 12.5. The van der Waals surface area contributed by atoms with Crippen molar-refractivity contribution in [1.82, 2.24) is 0 Å². The monoisotopic (exact) mass is 492 g/mol. The van der Waals surface area contributed by atoms with Crippen molar-refractivity contribution in [1.29, 1.82) is 0 Å². The fourth-order valence-electron chi connectivity index (χ4n) is 3.69. The summed E-state index contributed by atoms with van der Waals surface area (Å²) in [6, 6.07) is 5.92. The second kappa shape index (κ2) is 10.6. The molecule has 2 heterocycles.